The van der Waals surface area contributed by atoms with Gasteiger partial charge in [-0.15, -0.1) is 45.3 Å². The molecule has 0 aliphatic rings. The Kier molecular flexibility index (Phi) is 23.0. The number of anilines is 2. The SMILES string of the molecule is CC(C)Nc1cncc(-c2cnc3n[nH]c(-c4nc5c(-c6ccc(F)s6)cncc5[nH]4)c3c2)c1.CCNCc1cncc(-c2cnc3n[nH]c(-c4nc5c(-c6ccc(F)s6)cncc5[nH]4)c3c2)c1.CN(C)Cc1cncc(-c2cnc3n[nH]c(-c4nc5c(-c6ccc(F)s6)cncc5[nH]4)c3c2)c1.CN(C)c1cncc(-c2cnc3n[nH]c(-c4nc5c(-c6ccc(F)s6)cncc5[nH]4)c3c2)c1. The number of hydrogen-bond donors (Lipinski definition) is 10. The van der Waals surface area contributed by atoms with Crippen molar-refractivity contribution in [3.63, 3.8) is 0 Å². The third kappa shape index (κ3) is 17.5. The summed E-state index contributed by atoms with van der Waals surface area (Å²) in [5.74, 6) is 2.44. The molecule has 0 saturated heterocycles. The van der Waals surface area contributed by atoms with Gasteiger partial charge < -0.3 is 40.4 Å². The van der Waals surface area contributed by atoms with Crippen LogP contribution in [0.15, 0.2) is 221 Å². The second-order valence-electron chi connectivity index (χ2n) is 32.1. The lowest BCUT2D eigenvalue weighted by Crippen LogP contribution is -2.11. The van der Waals surface area contributed by atoms with Gasteiger partial charge >= 0.3 is 0 Å². The van der Waals surface area contributed by atoms with E-state index in [9.17, 15) is 17.6 Å². The molecule has 0 aliphatic heterocycles. The largest absolute Gasteiger partial charge is 0.382 e. The molecule has 40 heteroatoms. The van der Waals surface area contributed by atoms with E-state index in [0.29, 0.717) is 57.6 Å². The van der Waals surface area contributed by atoms with Crippen molar-refractivity contribution in [3.05, 3.63) is 253 Å². The molecule has 666 valence electrons. The average Bonchev–Trinajstić information content (AvgIpc) is 1.63. The number of aromatic amines is 8. The second-order valence-corrected chi connectivity index (χ2v) is 36.3. The van der Waals surface area contributed by atoms with Crippen LogP contribution in [0, 0.1) is 20.5 Å². The third-order valence-corrected chi connectivity index (χ3v) is 25.6. The van der Waals surface area contributed by atoms with Gasteiger partial charge in [0.25, 0.3) is 0 Å². The van der Waals surface area contributed by atoms with E-state index in [-0.39, 0.29) is 20.5 Å². The Bertz CT molecular complexity index is 8270. The second kappa shape index (κ2) is 36.4. The van der Waals surface area contributed by atoms with Crippen molar-refractivity contribution >= 4 is 145 Å². The van der Waals surface area contributed by atoms with E-state index in [1.54, 1.807) is 105 Å². The first-order chi connectivity index (χ1) is 65.8. The van der Waals surface area contributed by atoms with E-state index < -0.39 is 0 Å². The van der Waals surface area contributed by atoms with Crippen LogP contribution in [0.2, 0.25) is 0 Å². The smallest absolute Gasteiger partial charge is 0.181 e. The first-order valence-corrected chi connectivity index (χ1v) is 45.5. The average molecular weight is 1870 g/mol. The van der Waals surface area contributed by atoms with Crippen molar-refractivity contribution in [3.8, 4) is 132 Å². The van der Waals surface area contributed by atoms with Crippen LogP contribution >= 0.6 is 45.3 Å². The fourth-order valence-electron chi connectivity index (χ4n) is 15.7. The van der Waals surface area contributed by atoms with Crippen LogP contribution in [-0.4, -0.2) is 186 Å². The molecule has 0 atom stereocenters. The summed E-state index contributed by atoms with van der Waals surface area (Å²) in [4.78, 5) is 92.5. The zero-order valence-electron chi connectivity index (χ0n) is 72.5. The zero-order chi connectivity index (χ0) is 92.1. The van der Waals surface area contributed by atoms with Gasteiger partial charge in [-0.3, -0.25) is 60.3 Å². The molecule has 0 saturated carbocycles. The van der Waals surface area contributed by atoms with E-state index >= 15 is 0 Å². The quantitative estimate of drug-likeness (QED) is 0.0317. The molecule has 24 aromatic rings. The summed E-state index contributed by atoms with van der Waals surface area (Å²) in [7, 11) is 8.01. The Hall–Kier alpha value is -16.4. The molecule has 24 heterocycles. The van der Waals surface area contributed by atoms with E-state index in [4.69, 9.17) is 19.9 Å². The van der Waals surface area contributed by atoms with Crippen molar-refractivity contribution in [2.24, 2.45) is 0 Å². The molecule has 0 aromatic carbocycles. The number of rotatable bonds is 20. The first-order valence-electron chi connectivity index (χ1n) is 42.2. The standard InChI is InChI=1S/3C24H19FN8S.C23H17FN8S/c1-33(2)12-13-5-14(8-26-7-13)15-6-16-22(31-32-23(16)28-9-15)24-29-18-11-27-10-17(21(18)30-24)19-3-4-20(25)34-19;1-12(2)29-15-5-13(7-26-9-15)14-6-16-22(32-33-23(16)28-8-14)24-30-18-11-27-10-17(21(18)31-24)19-3-4-20(25)34-19;1-2-26-7-13-5-14(9-27-8-13)15-6-16-22(32-33-23(16)29-10-15)24-30-18-12-28-11-17(21(18)31-24)19-3-4-20(25)34-19;1-32(2)14-5-12(7-25-9-14)13-6-15-21(30-31-22(15)27-8-13)23-28-17-11-26-10-16(20(17)29-23)18-3-4-19(24)33-18/h3-11H,12H2,1-2H3,(H,29,30)(H,28,31,32);3-12,29H,1-2H3,(H,30,31)(H,28,32,33);3-6,8-12,26H,2,7H2,1H3,(H,30,31)(H,29,32,33);3-11H,1-2H3,(H,28,29)(H,27,30,31). The van der Waals surface area contributed by atoms with Crippen LogP contribution < -0.4 is 15.5 Å². The molecule has 0 radical (unpaired) electrons. The van der Waals surface area contributed by atoms with Gasteiger partial charge in [-0.05, 0) is 143 Å². The van der Waals surface area contributed by atoms with Crippen molar-refractivity contribution in [2.75, 3.05) is 45.0 Å². The summed E-state index contributed by atoms with van der Waals surface area (Å²) in [6.07, 6.45) is 35.5. The van der Waals surface area contributed by atoms with Crippen molar-refractivity contribution in [2.45, 2.75) is 39.9 Å². The molecule has 10 N–H and O–H groups in total. The molecule has 0 fully saturated rings. The molecule has 32 nitrogen and oxygen atoms in total. The molecule has 0 amide bonds. The summed E-state index contributed by atoms with van der Waals surface area (Å²) in [5.41, 5.74) is 26.0. The maximum absolute atomic E-state index is 13.6. The van der Waals surface area contributed by atoms with Gasteiger partial charge in [-0.2, -0.15) is 38.0 Å². The highest BCUT2D eigenvalue weighted by Gasteiger charge is 2.25. The lowest BCUT2D eigenvalue weighted by Gasteiger charge is -2.12. The van der Waals surface area contributed by atoms with Gasteiger partial charge in [-0.1, -0.05) is 6.92 Å². The predicted octanol–water partition coefficient (Wildman–Crippen LogP) is 20.4. The number of nitrogens with one attached hydrogen (secondary N) is 10. The zero-order valence-corrected chi connectivity index (χ0v) is 75.7. The van der Waals surface area contributed by atoms with Crippen LogP contribution in [0.5, 0.6) is 0 Å². The van der Waals surface area contributed by atoms with Gasteiger partial charge in [0.2, 0.25) is 0 Å². The number of thiophene rings is 4. The maximum atomic E-state index is 13.6. The lowest BCUT2D eigenvalue weighted by atomic mass is 10.1. The molecule has 0 aliphatic carbocycles. The number of aromatic nitrogens is 28. The molecular formula is C95H74F4N32S4. The van der Waals surface area contributed by atoms with Crippen molar-refractivity contribution in [1.29, 1.82) is 0 Å². The molecule has 0 unspecified atom stereocenters. The van der Waals surface area contributed by atoms with Crippen LogP contribution in [0.3, 0.4) is 0 Å². The lowest BCUT2D eigenvalue weighted by molar-refractivity contribution is 0.402. The highest BCUT2D eigenvalue weighted by atomic mass is 32.1. The Morgan fingerprint density at radius 3 is 0.978 bits per heavy atom. The van der Waals surface area contributed by atoms with Crippen LogP contribution in [0.4, 0.5) is 28.9 Å². The minimum Gasteiger partial charge on any atom is -0.382 e. The fraction of sp³-hybridized carbons (Fsp3) is 0.116. The number of nitrogens with zero attached hydrogens (tertiary/aromatic N) is 22. The van der Waals surface area contributed by atoms with Gasteiger partial charge in [0.1, 0.15) is 44.8 Å². The molecule has 24 aromatic heterocycles. The third-order valence-electron chi connectivity index (χ3n) is 22.0. The monoisotopic (exact) mass is 1870 g/mol. The molecule has 0 spiro atoms. The minimum atomic E-state index is -0.247. The summed E-state index contributed by atoms with van der Waals surface area (Å²) in [6.45, 7) is 8.70. The van der Waals surface area contributed by atoms with Gasteiger partial charge in [0.05, 0.1) is 86.0 Å². The number of halogens is 4. The molecular weight excluding hydrogens is 1790 g/mol. The first kappa shape index (κ1) is 85.4. The number of H-pyrrole nitrogens is 8. The fourth-order valence-corrected chi connectivity index (χ4v) is 18.6. The summed E-state index contributed by atoms with van der Waals surface area (Å²) in [5, 5.41) is 38.7. The van der Waals surface area contributed by atoms with E-state index in [1.807, 2.05) is 101 Å². The van der Waals surface area contributed by atoms with Crippen LogP contribution in [-0.2, 0) is 13.1 Å². The van der Waals surface area contributed by atoms with E-state index in [2.05, 4.69) is 181 Å². The minimum absolute atomic E-state index is 0.245. The Morgan fingerprint density at radius 1 is 0.341 bits per heavy atom. The number of pyridine rings is 12. The van der Waals surface area contributed by atoms with Gasteiger partial charge in [-0.25, -0.2) is 39.9 Å². The Morgan fingerprint density at radius 2 is 0.652 bits per heavy atom. The highest BCUT2D eigenvalue weighted by Crippen LogP contribution is 2.42. The topological polar surface area (TPSA) is 415 Å². The Labute approximate surface area is 778 Å². The molecule has 135 heavy (non-hydrogen) atoms. The van der Waals surface area contributed by atoms with Gasteiger partial charge in [0.15, 0.2) is 66.4 Å². The maximum Gasteiger partial charge on any atom is 0.181 e. The van der Waals surface area contributed by atoms with Crippen LogP contribution in [0.25, 0.3) is 221 Å². The summed E-state index contributed by atoms with van der Waals surface area (Å²) in [6, 6.07) is 29.5. The normalized spacial score (nSPS) is 11.6. The van der Waals surface area contributed by atoms with E-state index in [0.717, 1.165) is 257 Å². The van der Waals surface area contributed by atoms with E-state index in [1.165, 1.54) is 24.3 Å². The number of fused-ring (bicyclic) bond motifs is 8. The number of hydrogen-bond acceptors (Lipinski definition) is 28. The highest BCUT2D eigenvalue weighted by molar-refractivity contribution is 7.15. The van der Waals surface area contributed by atoms with Crippen LogP contribution in [0.1, 0.15) is 31.9 Å². The van der Waals surface area contributed by atoms with Crippen molar-refractivity contribution in [1.82, 2.24) is 151 Å². The summed E-state index contributed by atoms with van der Waals surface area (Å²) < 4.78 is 54.5. The van der Waals surface area contributed by atoms with Gasteiger partial charge in [0, 0.05) is 212 Å². The molecule has 0 bridgehead atoms. The van der Waals surface area contributed by atoms with Crippen molar-refractivity contribution < 1.29 is 17.6 Å². The molecule has 24 rings (SSSR count). The number of imidazole rings is 4. The predicted molar refractivity (Wildman–Crippen MR) is 521 cm³/mol. The Balaban J connectivity index is 0.000000108. The summed E-state index contributed by atoms with van der Waals surface area (Å²) >= 11 is 4.27.